The zero-order chi connectivity index (χ0) is 28.6. The molecule has 0 saturated heterocycles. The Bertz CT molecular complexity index is 1190. The van der Waals surface area contributed by atoms with E-state index in [0.29, 0.717) is 6.54 Å². The monoisotopic (exact) mass is 542 g/mol. The molecule has 214 valence electrons. The molecule has 0 spiro atoms. The molecule has 0 aliphatic carbocycles. The van der Waals surface area contributed by atoms with Crippen molar-refractivity contribution in [1.29, 1.82) is 0 Å². The summed E-state index contributed by atoms with van der Waals surface area (Å²) in [5.74, 6) is 1.59. The van der Waals surface area contributed by atoms with Crippen LogP contribution in [0.5, 0.6) is 11.5 Å². The van der Waals surface area contributed by atoms with Gasteiger partial charge in [0, 0.05) is 43.0 Å². The van der Waals surface area contributed by atoms with Crippen LogP contribution in [-0.2, 0) is 6.54 Å². The van der Waals surface area contributed by atoms with Gasteiger partial charge in [-0.3, -0.25) is 0 Å². The number of anilines is 1. The van der Waals surface area contributed by atoms with Crippen molar-refractivity contribution in [2.24, 2.45) is 0 Å². The quantitative estimate of drug-likeness (QED) is 0.136. The Hall–Kier alpha value is -3.54. The van der Waals surface area contributed by atoms with E-state index in [2.05, 4.69) is 96.9 Å². The van der Waals surface area contributed by atoms with Crippen LogP contribution in [-0.4, -0.2) is 45.6 Å². The highest BCUT2D eigenvalue weighted by Gasteiger charge is 2.09. The van der Waals surface area contributed by atoms with Crippen LogP contribution in [0.1, 0.15) is 67.3 Å². The van der Waals surface area contributed by atoms with E-state index in [4.69, 9.17) is 14.6 Å². The molecule has 0 amide bonds. The van der Waals surface area contributed by atoms with Crippen LogP contribution in [0.3, 0.4) is 0 Å². The van der Waals surface area contributed by atoms with Crippen LogP contribution in [0.4, 0.5) is 5.69 Å². The summed E-state index contributed by atoms with van der Waals surface area (Å²) in [5.41, 5.74) is 6.64. The van der Waals surface area contributed by atoms with Gasteiger partial charge >= 0.3 is 0 Å². The molecule has 3 aromatic carbocycles. The molecule has 0 saturated carbocycles. The van der Waals surface area contributed by atoms with E-state index in [0.717, 1.165) is 53.4 Å². The molecule has 5 heteroatoms. The zero-order valence-electron chi connectivity index (χ0n) is 24.7. The first-order chi connectivity index (χ1) is 19.6. The molecular formula is C35H46N2O3. The fraction of sp³-hybridized carbons (Fsp3) is 0.371. The van der Waals surface area contributed by atoms with E-state index in [9.17, 15) is 0 Å². The number of unbranched alkanes of at least 4 members (excludes halogenated alkanes) is 2. The number of aliphatic hydroxyl groups excluding tert-OH is 1. The lowest BCUT2D eigenvalue weighted by atomic mass is 10.0. The first-order valence-corrected chi connectivity index (χ1v) is 14.5. The molecule has 0 aliphatic heterocycles. The lowest BCUT2D eigenvalue weighted by molar-refractivity contribution is 0.292. The maximum atomic E-state index is 8.92. The number of rotatable bonds is 17. The molecule has 40 heavy (non-hydrogen) atoms. The summed E-state index contributed by atoms with van der Waals surface area (Å²) in [4.78, 5) is 2.51. The van der Waals surface area contributed by atoms with Gasteiger partial charge in [0.25, 0.3) is 0 Å². The molecule has 0 unspecified atom stereocenters. The largest absolute Gasteiger partial charge is 0.496 e. The Morgan fingerprint density at radius 3 is 1.68 bits per heavy atom. The van der Waals surface area contributed by atoms with Crippen molar-refractivity contribution in [2.75, 3.05) is 45.4 Å². The van der Waals surface area contributed by atoms with Crippen molar-refractivity contribution in [3.63, 3.8) is 0 Å². The molecule has 0 atom stereocenters. The van der Waals surface area contributed by atoms with E-state index in [-0.39, 0.29) is 6.61 Å². The topological polar surface area (TPSA) is 54.0 Å². The SMILES string of the molecule is CCCCN(CCCC)c1ccc(C=Cc2cc(OC)c(C=Cc3ccc(CNCCO)cc3)cc2OC)cc1. The van der Waals surface area contributed by atoms with Crippen LogP contribution in [0.25, 0.3) is 24.3 Å². The number of nitrogens with one attached hydrogen (secondary N) is 1. The maximum Gasteiger partial charge on any atom is 0.126 e. The maximum absolute atomic E-state index is 8.92. The molecule has 0 heterocycles. The summed E-state index contributed by atoms with van der Waals surface area (Å²) in [5, 5.41) is 12.1. The van der Waals surface area contributed by atoms with Crippen LogP contribution >= 0.6 is 0 Å². The lowest BCUT2D eigenvalue weighted by Gasteiger charge is -2.24. The molecule has 5 nitrogen and oxygen atoms in total. The van der Waals surface area contributed by atoms with Crippen LogP contribution < -0.4 is 19.7 Å². The van der Waals surface area contributed by atoms with Gasteiger partial charge in [0.1, 0.15) is 11.5 Å². The second-order valence-electron chi connectivity index (χ2n) is 9.93. The number of benzene rings is 3. The Balaban J connectivity index is 1.73. The highest BCUT2D eigenvalue weighted by atomic mass is 16.5. The predicted molar refractivity (Wildman–Crippen MR) is 171 cm³/mol. The van der Waals surface area contributed by atoms with E-state index < -0.39 is 0 Å². The van der Waals surface area contributed by atoms with Gasteiger partial charge in [0.15, 0.2) is 0 Å². The third-order valence-electron chi connectivity index (χ3n) is 6.91. The average Bonchev–Trinajstić information content (AvgIpc) is 3.00. The first-order valence-electron chi connectivity index (χ1n) is 14.5. The van der Waals surface area contributed by atoms with Crippen molar-refractivity contribution in [2.45, 2.75) is 46.1 Å². The van der Waals surface area contributed by atoms with Crippen molar-refractivity contribution >= 4 is 30.0 Å². The van der Waals surface area contributed by atoms with Gasteiger partial charge in [0.05, 0.1) is 20.8 Å². The molecule has 3 rings (SSSR count). The van der Waals surface area contributed by atoms with Gasteiger partial charge in [-0.05, 0) is 53.8 Å². The van der Waals surface area contributed by atoms with Crippen LogP contribution in [0, 0.1) is 0 Å². The van der Waals surface area contributed by atoms with Gasteiger partial charge < -0.3 is 24.8 Å². The summed E-state index contributed by atoms with van der Waals surface area (Å²) in [6.45, 7) is 8.19. The van der Waals surface area contributed by atoms with Gasteiger partial charge in [-0.15, -0.1) is 0 Å². The van der Waals surface area contributed by atoms with Gasteiger partial charge in [0.2, 0.25) is 0 Å². The minimum absolute atomic E-state index is 0.144. The fourth-order valence-corrected chi connectivity index (χ4v) is 4.50. The van der Waals surface area contributed by atoms with E-state index in [1.54, 1.807) is 14.2 Å². The fourth-order valence-electron chi connectivity index (χ4n) is 4.50. The van der Waals surface area contributed by atoms with Crippen molar-refractivity contribution < 1.29 is 14.6 Å². The molecule has 0 radical (unpaired) electrons. The first kappa shape index (κ1) is 31.0. The number of nitrogens with zero attached hydrogens (tertiary/aromatic N) is 1. The van der Waals surface area contributed by atoms with Crippen molar-refractivity contribution in [3.05, 3.63) is 88.5 Å². The van der Waals surface area contributed by atoms with E-state index >= 15 is 0 Å². The second kappa shape index (κ2) is 17.2. The summed E-state index contributed by atoms with van der Waals surface area (Å²) in [7, 11) is 3.40. The minimum atomic E-state index is 0.144. The van der Waals surface area contributed by atoms with Crippen molar-refractivity contribution in [1.82, 2.24) is 5.32 Å². The summed E-state index contributed by atoms with van der Waals surface area (Å²) in [6.07, 6.45) is 13.2. The van der Waals surface area contributed by atoms with Gasteiger partial charge in [-0.2, -0.15) is 0 Å². The lowest BCUT2D eigenvalue weighted by Crippen LogP contribution is -2.25. The highest BCUT2D eigenvalue weighted by Crippen LogP contribution is 2.32. The van der Waals surface area contributed by atoms with Crippen LogP contribution in [0.15, 0.2) is 60.7 Å². The normalized spacial score (nSPS) is 11.4. The van der Waals surface area contributed by atoms with E-state index in [1.807, 2.05) is 12.1 Å². The molecule has 0 aromatic heterocycles. The van der Waals surface area contributed by atoms with Crippen molar-refractivity contribution in [3.8, 4) is 11.5 Å². The Morgan fingerprint density at radius 2 is 1.23 bits per heavy atom. The van der Waals surface area contributed by atoms with Gasteiger partial charge in [-0.1, -0.05) is 87.4 Å². The minimum Gasteiger partial charge on any atom is -0.496 e. The zero-order valence-corrected chi connectivity index (χ0v) is 24.7. The van der Waals surface area contributed by atoms with E-state index in [1.165, 1.54) is 36.9 Å². The predicted octanol–water partition coefficient (Wildman–Crippen LogP) is 7.53. The average molecular weight is 543 g/mol. The molecule has 0 aliphatic rings. The second-order valence-corrected chi connectivity index (χ2v) is 9.93. The Kier molecular flexibility index (Phi) is 13.3. The standard InChI is InChI=1S/C35H46N2O3/c1-5-7-22-37(23-8-6-2)33-19-15-29(16-20-33)14-18-32-26-34(39-3)31(25-35(32)40-4)17-13-28-9-11-30(12-10-28)27-36-21-24-38/h9-20,25-26,36,38H,5-8,21-24,27H2,1-4H3. The number of hydrogen-bond acceptors (Lipinski definition) is 5. The Labute approximate surface area is 241 Å². The Morgan fingerprint density at radius 1 is 0.725 bits per heavy atom. The summed E-state index contributed by atoms with van der Waals surface area (Å²) >= 11 is 0. The van der Waals surface area contributed by atoms with Gasteiger partial charge in [-0.25, -0.2) is 0 Å². The van der Waals surface area contributed by atoms with Crippen LogP contribution in [0.2, 0.25) is 0 Å². The highest BCUT2D eigenvalue weighted by molar-refractivity contribution is 5.79. The molecular weight excluding hydrogens is 496 g/mol. The molecule has 2 N–H and O–H groups in total. The summed E-state index contributed by atoms with van der Waals surface area (Å²) in [6, 6.07) is 21.2. The third-order valence-corrected chi connectivity index (χ3v) is 6.91. The number of hydrogen-bond donors (Lipinski definition) is 2. The molecule has 0 bridgehead atoms. The number of aliphatic hydroxyl groups is 1. The third kappa shape index (κ3) is 9.58. The number of ether oxygens (including phenoxy) is 2. The molecule has 3 aromatic rings. The summed E-state index contributed by atoms with van der Waals surface area (Å²) < 4.78 is 11.5. The smallest absolute Gasteiger partial charge is 0.126 e. The molecule has 0 fully saturated rings. The number of methoxy groups -OCH3 is 2.